The summed E-state index contributed by atoms with van der Waals surface area (Å²) in [5.74, 6) is 0.340. The molecule has 3 unspecified atom stereocenters. The lowest BCUT2D eigenvalue weighted by Gasteiger charge is -2.59. The van der Waals surface area contributed by atoms with Gasteiger partial charge in [0.05, 0.1) is 47.0 Å². The molecule has 1 amide bonds. The third kappa shape index (κ3) is 3.98. The van der Waals surface area contributed by atoms with Crippen LogP contribution in [0, 0.1) is 5.92 Å². The van der Waals surface area contributed by atoms with Gasteiger partial charge in [0.2, 0.25) is 5.91 Å². The first-order valence-corrected chi connectivity index (χ1v) is 11.1. The van der Waals surface area contributed by atoms with Crippen LogP contribution in [0.15, 0.2) is 30.5 Å². The smallest absolute Gasteiger partial charge is 0.227 e. The van der Waals surface area contributed by atoms with E-state index in [2.05, 4.69) is 28.7 Å². The Hall–Kier alpha value is -1.60. The fraction of sp³-hybridized carbons (Fsp3) is 0.545. The molecular formula is C22H28Cl2N4O2. The quantitative estimate of drug-likeness (QED) is 0.715. The second kappa shape index (κ2) is 8.50. The SMILES string of the molecule is CC1COCC2N(Cc3ccn(C)n3)CCN(C(=O)Cc3ccc(Cl)c(Cl)c3)C12C. The number of amides is 1. The number of hydrogen-bond acceptors (Lipinski definition) is 4. The van der Waals surface area contributed by atoms with E-state index >= 15 is 0 Å². The number of carbonyl (C=O) groups is 1. The lowest BCUT2D eigenvalue weighted by molar-refractivity contribution is -0.172. The highest BCUT2D eigenvalue weighted by molar-refractivity contribution is 6.42. The van der Waals surface area contributed by atoms with Crippen molar-refractivity contribution in [2.24, 2.45) is 13.0 Å². The Balaban J connectivity index is 1.56. The molecule has 4 rings (SSSR count). The molecule has 2 aromatic rings. The van der Waals surface area contributed by atoms with Crippen LogP contribution in [0.25, 0.3) is 0 Å². The highest BCUT2D eigenvalue weighted by Crippen LogP contribution is 2.39. The Kier molecular flexibility index (Phi) is 6.13. The lowest BCUT2D eigenvalue weighted by atomic mass is 9.75. The molecule has 1 aromatic carbocycles. The Morgan fingerprint density at radius 1 is 1.23 bits per heavy atom. The summed E-state index contributed by atoms with van der Waals surface area (Å²) in [5.41, 5.74) is 1.61. The first-order chi connectivity index (χ1) is 14.3. The van der Waals surface area contributed by atoms with Crippen molar-refractivity contribution in [1.29, 1.82) is 0 Å². The average molecular weight is 451 g/mol. The van der Waals surface area contributed by atoms with Crippen molar-refractivity contribution in [3.63, 3.8) is 0 Å². The van der Waals surface area contributed by atoms with Gasteiger partial charge in [-0.1, -0.05) is 36.2 Å². The molecule has 0 aliphatic carbocycles. The number of fused-ring (bicyclic) bond motifs is 1. The molecule has 162 valence electrons. The number of halogens is 2. The summed E-state index contributed by atoms with van der Waals surface area (Å²) in [4.78, 5) is 17.9. The maximum atomic E-state index is 13.4. The van der Waals surface area contributed by atoms with Gasteiger partial charge in [-0.15, -0.1) is 0 Å². The molecule has 0 N–H and O–H groups in total. The first kappa shape index (κ1) is 21.6. The van der Waals surface area contributed by atoms with E-state index in [-0.39, 0.29) is 23.4 Å². The van der Waals surface area contributed by atoms with Gasteiger partial charge >= 0.3 is 0 Å². The Bertz CT molecular complexity index is 934. The number of piperazine rings is 1. The van der Waals surface area contributed by atoms with E-state index in [4.69, 9.17) is 27.9 Å². The van der Waals surface area contributed by atoms with Gasteiger partial charge in [-0.2, -0.15) is 5.10 Å². The number of hydrogen-bond donors (Lipinski definition) is 0. The summed E-state index contributed by atoms with van der Waals surface area (Å²) >= 11 is 12.2. The maximum absolute atomic E-state index is 13.4. The Labute approximate surface area is 187 Å². The molecule has 6 nitrogen and oxygen atoms in total. The maximum Gasteiger partial charge on any atom is 0.227 e. The molecule has 8 heteroatoms. The number of benzene rings is 1. The van der Waals surface area contributed by atoms with Crippen molar-refractivity contribution in [3.05, 3.63) is 51.8 Å². The van der Waals surface area contributed by atoms with E-state index in [0.717, 1.165) is 24.3 Å². The van der Waals surface area contributed by atoms with Crippen LogP contribution in [0.3, 0.4) is 0 Å². The zero-order valence-corrected chi connectivity index (χ0v) is 19.2. The molecule has 2 fully saturated rings. The first-order valence-electron chi connectivity index (χ1n) is 10.3. The number of aryl methyl sites for hydroxylation is 1. The van der Waals surface area contributed by atoms with E-state index in [1.54, 1.807) is 12.1 Å². The summed E-state index contributed by atoms with van der Waals surface area (Å²) < 4.78 is 7.75. The number of rotatable bonds is 4. The third-order valence-corrected chi connectivity index (χ3v) is 7.46. The monoisotopic (exact) mass is 450 g/mol. The molecule has 2 aliphatic rings. The minimum atomic E-state index is -0.307. The number of carbonyl (C=O) groups excluding carboxylic acids is 1. The molecule has 1 aromatic heterocycles. The van der Waals surface area contributed by atoms with Crippen LogP contribution in [-0.2, 0) is 29.5 Å². The highest BCUT2D eigenvalue weighted by atomic mass is 35.5. The van der Waals surface area contributed by atoms with Crippen molar-refractivity contribution in [1.82, 2.24) is 19.6 Å². The zero-order valence-electron chi connectivity index (χ0n) is 17.6. The minimum Gasteiger partial charge on any atom is -0.379 e. The van der Waals surface area contributed by atoms with Crippen LogP contribution in [0.5, 0.6) is 0 Å². The van der Waals surface area contributed by atoms with Gasteiger partial charge in [-0.05, 0) is 30.7 Å². The molecule has 0 bridgehead atoms. The molecule has 0 saturated carbocycles. The van der Waals surface area contributed by atoms with Gasteiger partial charge in [0.15, 0.2) is 0 Å². The van der Waals surface area contributed by atoms with Gasteiger partial charge in [-0.25, -0.2) is 0 Å². The molecular weight excluding hydrogens is 423 g/mol. The van der Waals surface area contributed by atoms with E-state index in [1.807, 2.05) is 30.1 Å². The standard InChI is InChI=1S/C22H28Cl2N4O2/c1-15-13-30-14-20-22(15,2)28(9-8-27(20)12-17-6-7-26(3)25-17)21(29)11-16-4-5-18(23)19(24)10-16/h4-7,10,15,20H,8-9,11-14H2,1-3H3. The lowest BCUT2D eigenvalue weighted by Crippen LogP contribution is -2.73. The minimum absolute atomic E-state index is 0.118. The Morgan fingerprint density at radius 3 is 2.73 bits per heavy atom. The summed E-state index contributed by atoms with van der Waals surface area (Å²) in [7, 11) is 1.93. The largest absolute Gasteiger partial charge is 0.379 e. The molecule has 30 heavy (non-hydrogen) atoms. The third-order valence-electron chi connectivity index (χ3n) is 6.72. The second-order valence-electron chi connectivity index (χ2n) is 8.60. The number of nitrogens with zero attached hydrogens (tertiary/aromatic N) is 4. The van der Waals surface area contributed by atoms with Crippen molar-refractivity contribution < 1.29 is 9.53 Å². The van der Waals surface area contributed by atoms with Gasteiger partial charge in [-0.3, -0.25) is 14.4 Å². The predicted octanol–water partition coefficient (Wildman–Crippen LogP) is 3.41. The zero-order chi connectivity index (χ0) is 21.5. The molecule has 3 heterocycles. The van der Waals surface area contributed by atoms with Crippen LogP contribution < -0.4 is 0 Å². The molecule has 2 saturated heterocycles. The van der Waals surface area contributed by atoms with Crippen LogP contribution in [0.1, 0.15) is 25.1 Å². The molecule has 0 spiro atoms. The van der Waals surface area contributed by atoms with Crippen molar-refractivity contribution in [2.45, 2.75) is 38.4 Å². The van der Waals surface area contributed by atoms with Gasteiger partial charge < -0.3 is 9.64 Å². The van der Waals surface area contributed by atoms with E-state index < -0.39 is 0 Å². The average Bonchev–Trinajstić information content (AvgIpc) is 3.11. The van der Waals surface area contributed by atoms with Crippen molar-refractivity contribution in [3.8, 4) is 0 Å². The van der Waals surface area contributed by atoms with Crippen molar-refractivity contribution in [2.75, 3.05) is 26.3 Å². The van der Waals surface area contributed by atoms with Crippen LogP contribution in [0.2, 0.25) is 10.0 Å². The summed E-state index contributed by atoms with van der Waals surface area (Å²) in [5, 5.41) is 5.52. The molecule has 3 atom stereocenters. The van der Waals surface area contributed by atoms with Gasteiger partial charge in [0.25, 0.3) is 0 Å². The topological polar surface area (TPSA) is 50.6 Å². The van der Waals surface area contributed by atoms with E-state index in [9.17, 15) is 4.79 Å². The predicted molar refractivity (Wildman–Crippen MR) is 118 cm³/mol. The summed E-state index contributed by atoms with van der Waals surface area (Å²) in [6, 6.07) is 7.57. The second-order valence-corrected chi connectivity index (χ2v) is 9.42. The summed E-state index contributed by atoms with van der Waals surface area (Å²) in [6.45, 7) is 7.89. The number of ether oxygens (including phenoxy) is 1. The van der Waals surface area contributed by atoms with E-state index in [1.165, 1.54) is 0 Å². The van der Waals surface area contributed by atoms with Crippen LogP contribution in [0.4, 0.5) is 0 Å². The van der Waals surface area contributed by atoms with Crippen LogP contribution >= 0.6 is 23.2 Å². The summed E-state index contributed by atoms with van der Waals surface area (Å²) in [6.07, 6.45) is 2.28. The molecule has 0 radical (unpaired) electrons. The molecule has 2 aliphatic heterocycles. The fourth-order valence-electron chi connectivity index (χ4n) is 4.83. The highest BCUT2D eigenvalue weighted by Gasteiger charge is 2.53. The normalized spacial score (nSPS) is 27.2. The van der Waals surface area contributed by atoms with Gasteiger partial charge in [0, 0.05) is 38.8 Å². The van der Waals surface area contributed by atoms with Gasteiger partial charge in [0.1, 0.15) is 0 Å². The van der Waals surface area contributed by atoms with Crippen molar-refractivity contribution >= 4 is 29.1 Å². The fourth-order valence-corrected chi connectivity index (χ4v) is 5.15. The van der Waals surface area contributed by atoms with Crippen LogP contribution in [-0.4, -0.2) is 63.4 Å². The van der Waals surface area contributed by atoms with E-state index in [0.29, 0.717) is 36.2 Å². The number of aromatic nitrogens is 2. The Morgan fingerprint density at radius 2 is 2.03 bits per heavy atom.